The Labute approximate surface area is 189 Å². The molecule has 0 radical (unpaired) electrons. The summed E-state index contributed by atoms with van der Waals surface area (Å²) in [5.74, 6) is -0.650. The summed E-state index contributed by atoms with van der Waals surface area (Å²) in [6.07, 6.45) is -3.25. The van der Waals surface area contributed by atoms with E-state index in [0.717, 1.165) is 18.2 Å². The van der Waals surface area contributed by atoms with Gasteiger partial charge in [0.05, 0.1) is 29.1 Å². The minimum Gasteiger partial charge on any atom is -0.490 e. The topological polar surface area (TPSA) is 86.2 Å². The Balaban J connectivity index is 2.15. The first-order valence-electron chi connectivity index (χ1n) is 8.82. The summed E-state index contributed by atoms with van der Waals surface area (Å²) in [4.78, 5) is 23.4. The van der Waals surface area contributed by atoms with Crippen LogP contribution in [-0.2, 0) is 15.7 Å². The van der Waals surface area contributed by atoms with E-state index in [9.17, 15) is 22.8 Å². The molecule has 0 aliphatic rings. The number of halogens is 4. The summed E-state index contributed by atoms with van der Waals surface area (Å²) in [6, 6.07) is 7.26. The first kappa shape index (κ1) is 24.4. The number of benzene rings is 2. The van der Waals surface area contributed by atoms with Gasteiger partial charge in [0.15, 0.2) is 18.1 Å². The van der Waals surface area contributed by atoms with Gasteiger partial charge < -0.3 is 14.2 Å². The van der Waals surface area contributed by atoms with Crippen molar-refractivity contribution in [3.05, 3.63) is 56.7 Å². The highest BCUT2D eigenvalue weighted by Crippen LogP contribution is 2.34. The minimum atomic E-state index is -4.55. The molecule has 31 heavy (non-hydrogen) atoms. The van der Waals surface area contributed by atoms with Crippen LogP contribution in [0, 0.1) is 3.57 Å². The van der Waals surface area contributed by atoms with Gasteiger partial charge in [-0.1, -0.05) is 6.07 Å². The predicted octanol–water partition coefficient (Wildman–Crippen LogP) is 4.02. The number of hydrogen-bond donors (Lipinski definition) is 1. The van der Waals surface area contributed by atoms with E-state index in [1.54, 1.807) is 19.1 Å². The fourth-order valence-electron chi connectivity index (χ4n) is 2.32. The quantitative estimate of drug-likeness (QED) is 0.232. The lowest BCUT2D eigenvalue weighted by Crippen LogP contribution is -2.18. The SMILES string of the molecule is CCOc1cc(/C=N\NC(=O)c2cccc(C(F)(F)F)c2)cc(I)c1OCC(=O)OC. The number of hydrazone groups is 1. The maximum absolute atomic E-state index is 12.8. The fourth-order valence-corrected chi connectivity index (χ4v) is 3.10. The summed E-state index contributed by atoms with van der Waals surface area (Å²) < 4.78 is 54.5. The lowest BCUT2D eigenvalue weighted by atomic mass is 10.1. The number of amides is 1. The number of alkyl halides is 3. The van der Waals surface area contributed by atoms with Crippen molar-refractivity contribution in [3.8, 4) is 11.5 Å². The van der Waals surface area contributed by atoms with Crippen molar-refractivity contribution >= 4 is 40.7 Å². The second-order valence-corrected chi connectivity index (χ2v) is 7.07. The fraction of sp³-hybridized carbons (Fsp3) is 0.250. The van der Waals surface area contributed by atoms with Crippen LogP contribution < -0.4 is 14.9 Å². The summed E-state index contributed by atoms with van der Waals surface area (Å²) >= 11 is 1.98. The predicted molar refractivity (Wildman–Crippen MR) is 114 cm³/mol. The van der Waals surface area contributed by atoms with Gasteiger partial charge in [0.2, 0.25) is 0 Å². The number of carbonyl (C=O) groups excluding carboxylic acids is 2. The van der Waals surface area contributed by atoms with Crippen molar-refractivity contribution in [1.29, 1.82) is 0 Å². The van der Waals surface area contributed by atoms with Gasteiger partial charge in [-0.3, -0.25) is 4.79 Å². The number of methoxy groups -OCH3 is 1. The van der Waals surface area contributed by atoms with Gasteiger partial charge in [0.25, 0.3) is 5.91 Å². The van der Waals surface area contributed by atoms with Crippen LogP contribution in [-0.4, -0.2) is 38.4 Å². The second-order valence-electron chi connectivity index (χ2n) is 5.91. The lowest BCUT2D eigenvalue weighted by Gasteiger charge is -2.14. The molecule has 0 spiro atoms. The molecule has 0 bridgehead atoms. The molecule has 0 atom stereocenters. The molecule has 1 amide bonds. The Hall–Kier alpha value is -2.83. The molecule has 2 aromatic carbocycles. The van der Waals surface area contributed by atoms with E-state index in [2.05, 4.69) is 15.3 Å². The first-order valence-corrected chi connectivity index (χ1v) is 9.90. The zero-order valence-corrected chi connectivity index (χ0v) is 18.6. The molecule has 0 saturated carbocycles. The van der Waals surface area contributed by atoms with Gasteiger partial charge in [-0.15, -0.1) is 0 Å². The van der Waals surface area contributed by atoms with Gasteiger partial charge in [-0.25, -0.2) is 10.2 Å². The molecule has 2 rings (SSSR count). The van der Waals surface area contributed by atoms with Crippen LogP contribution in [0.3, 0.4) is 0 Å². The average molecular weight is 550 g/mol. The summed E-state index contributed by atoms with van der Waals surface area (Å²) in [5.41, 5.74) is 1.61. The van der Waals surface area contributed by atoms with E-state index in [1.165, 1.54) is 19.4 Å². The largest absolute Gasteiger partial charge is 0.490 e. The molecular formula is C20H18F3IN2O5. The third-order valence-corrected chi connectivity index (χ3v) is 4.53. The van der Waals surface area contributed by atoms with Crippen LogP contribution in [0.25, 0.3) is 0 Å². The smallest absolute Gasteiger partial charge is 0.416 e. The molecule has 0 aromatic heterocycles. The van der Waals surface area contributed by atoms with Crippen molar-refractivity contribution in [2.75, 3.05) is 20.3 Å². The Morgan fingerprint density at radius 3 is 2.58 bits per heavy atom. The van der Waals surface area contributed by atoms with E-state index in [1.807, 2.05) is 22.6 Å². The number of esters is 1. The molecule has 0 aliphatic carbocycles. The number of hydrogen-bond acceptors (Lipinski definition) is 6. The van der Waals surface area contributed by atoms with Crippen LogP contribution in [0.2, 0.25) is 0 Å². The molecule has 0 unspecified atom stereocenters. The molecule has 1 N–H and O–H groups in total. The van der Waals surface area contributed by atoms with Crippen molar-refractivity contribution in [3.63, 3.8) is 0 Å². The van der Waals surface area contributed by atoms with E-state index in [-0.39, 0.29) is 12.2 Å². The Kier molecular flexibility index (Phi) is 8.65. The van der Waals surface area contributed by atoms with Gasteiger partial charge in [-0.05, 0) is 65.4 Å². The van der Waals surface area contributed by atoms with Crippen LogP contribution >= 0.6 is 22.6 Å². The number of nitrogens with one attached hydrogen (secondary N) is 1. The first-order chi connectivity index (χ1) is 14.7. The van der Waals surface area contributed by atoms with Crippen LogP contribution in [0.4, 0.5) is 13.2 Å². The monoisotopic (exact) mass is 550 g/mol. The number of nitrogens with zero attached hydrogens (tertiary/aromatic N) is 1. The minimum absolute atomic E-state index is 0.178. The third-order valence-electron chi connectivity index (χ3n) is 3.73. The molecule has 0 aliphatic heterocycles. The average Bonchev–Trinajstić information content (AvgIpc) is 2.72. The standard InChI is InChI=1S/C20H18F3IN2O5/c1-3-30-16-8-12(7-15(24)18(16)31-11-17(27)29-2)10-25-26-19(28)13-5-4-6-14(9-13)20(21,22)23/h4-10H,3,11H2,1-2H3,(H,26,28)/b25-10-. The molecule has 166 valence electrons. The molecule has 0 heterocycles. The van der Waals surface area contributed by atoms with Crippen molar-refractivity contribution in [1.82, 2.24) is 5.43 Å². The highest BCUT2D eigenvalue weighted by atomic mass is 127. The maximum Gasteiger partial charge on any atom is 0.416 e. The van der Waals surface area contributed by atoms with E-state index < -0.39 is 23.6 Å². The van der Waals surface area contributed by atoms with Gasteiger partial charge >= 0.3 is 12.1 Å². The van der Waals surface area contributed by atoms with Crippen molar-refractivity contribution < 1.29 is 37.0 Å². The molecule has 0 fully saturated rings. The summed E-state index contributed by atoms with van der Waals surface area (Å²) in [5, 5.41) is 3.79. The van der Waals surface area contributed by atoms with E-state index in [4.69, 9.17) is 9.47 Å². The van der Waals surface area contributed by atoms with Crippen LogP contribution in [0.5, 0.6) is 11.5 Å². The third kappa shape index (κ3) is 7.12. The Morgan fingerprint density at radius 2 is 1.94 bits per heavy atom. The van der Waals surface area contributed by atoms with E-state index >= 15 is 0 Å². The van der Waals surface area contributed by atoms with Crippen LogP contribution in [0.15, 0.2) is 41.5 Å². The lowest BCUT2D eigenvalue weighted by molar-refractivity contribution is -0.143. The highest BCUT2D eigenvalue weighted by molar-refractivity contribution is 14.1. The maximum atomic E-state index is 12.8. The summed E-state index contributed by atoms with van der Waals surface area (Å²) in [7, 11) is 1.24. The van der Waals surface area contributed by atoms with Gasteiger partial charge in [0.1, 0.15) is 0 Å². The molecule has 0 saturated heterocycles. The van der Waals surface area contributed by atoms with Gasteiger partial charge in [0, 0.05) is 5.56 Å². The zero-order chi connectivity index (χ0) is 23.0. The van der Waals surface area contributed by atoms with Crippen LogP contribution in [0.1, 0.15) is 28.4 Å². The zero-order valence-electron chi connectivity index (χ0n) is 16.5. The Bertz CT molecular complexity index is 980. The number of rotatable bonds is 8. The molecular weight excluding hydrogens is 532 g/mol. The second kappa shape index (κ2) is 11.0. The highest BCUT2D eigenvalue weighted by Gasteiger charge is 2.30. The van der Waals surface area contributed by atoms with Crippen molar-refractivity contribution in [2.45, 2.75) is 13.1 Å². The normalized spacial score (nSPS) is 11.3. The molecule has 11 heteroatoms. The molecule has 2 aromatic rings. The number of carbonyl (C=O) groups is 2. The number of ether oxygens (including phenoxy) is 3. The Morgan fingerprint density at radius 1 is 1.19 bits per heavy atom. The molecule has 7 nitrogen and oxygen atoms in total. The van der Waals surface area contributed by atoms with Gasteiger partial charge in [-0.2, -0.15) is 18.3 Å². The van der Waals surface area contributed by atoms with E-state index in [0.29, 0.717) is 27.2 Å². The van der Waals surface area contributed by atoms with Crippen molar-refractivity contribution in [2.24, 2.45) is 5.10 Å². The summed E-state index contributed by atoms with van der Waals surface area (Å²) in [6.45, 7) is 1.80.